The Morgan fingerprint density at radius 1 is 1.33 bits per heavy atom. The summed E-state index contributed by atoms with van der Waals surface area (Å²) in [5, 5.41) is 4.48. The Balaban J connectivity index is 2.28. The molecule has 2 aromatic rings. The Morgan fingerprint density at radius 2 is 2.10 bits per heavy atom. The minimum absolute atomic E-state index is 0.0752. The van der Waals surface area contributed by atoms with E-state index in [0.29, 0.717) is 6.61 Å². The quantitative estimate of drug-likeness (QED) is 0.864. The SMILES string of the molecule is COCc1nc(-c2cncc(Br)c2)sc1CNC(C)(C)C. The Hall–Kier alpha value is -0.820. The summed E-state index contributed by atoms with van der Waals surface area (Å²) in [7, 11) is 1.70. The van der Waals surface area contributed by atoms with Gasteiger partial charge in [0.15, 0.2) is 0 Å². The Morgan fingerprint density at radius 3 is 2.71 bits per heavy atom. The average Bonchev–Trinajstić information content (AvgIpc) is 2.79. The van der Waals surface area contributed by atoms with E-state index in [1.54, 1.807) is 24.6 Å². The molecule has 6 heteroatoms. The third-order valence-corrected chi connectivity index (χ3v) is 4.37. The van der Waals surface area contributed by atoms with Gasteiger partial charge in [-0.15, -0.1) is 11.3 Å². The second-order valence-corrected chi connectivity index (χ2v) is 7.82. The van der Waals surface area contributed by atoms with Gasteiger partial charge in [0, 0.05) is 46.5 Å². The lowest BCUT2D eigenvalue weighted by Crippen LogP contribution is -2.35. The molecule has 0 unspecified atom stereocenters. The average molecular weight is 370 g/mol. The van der Waals surface area contributed by atoms with Gasteiger partial charge in [0.05, 0.1) is 12.3 Å². The summed E-state index contributed by atoms with van der Waals surface area (Å²) >= 11 is 5.14. The number of ether oxygens (including phenoxy) is 1. The normalized spacial score (nSPS) is 11.9. The summed E-state index contributed by atoms with van der Waals surface area (Å²) in [4.78, 5) is 10.1. The first kappa shape index (κ1) is 16.5. The number of hydrogen-bond acceptors (Lipinski definition) is 5. The van der Waals surface area contributed by atoms with Crippen molar-refractivity contribution in [3.63, 3.8) is 0 Å². The maximum absolute atomic E-state index is 5.26. The molecule has 2 aromatic heterocycles. The van der Waals surface area contributed by atoms with E-state index in [4.69, 9.17) is 9.72 Å². The summed E-state index contributed by atoms with van der Waals surface area (Å²) in [6.45, 7) is 7.79. The number of halogens is 1. The van der Waals surface area contributed by atoms with Crippen LogP contribution in [-0.4, -0.2) is 22.6 Å². The molecule has 0 aliphatic carbocycles. The zero-order chi connectivity index (χ0) is 15.5. The maximum atomic E-state index is 5.26. The van der Waals surface area contributed by atoms with Gasteiger partial charge in [0.25, 0.3) is 0 Å². The number of rotatable bonds is 5. The molecule has 0 saturated heterocycles. The molecule has 0 aromatic carbocycles. The molecule has 0 bridgehead atoms. The van der Waals surface area contributed by atoms with Crippen LogP contribution >= 0.6 is 27.3 Å². The van der Waals surface area contributed by atoms with Gasteiger partial charge >= 0.3 is 0 Å². The largest absolute Gasteiger partial charge is 0.378 e. The van der Waals surface area contributed by atoms with Gasteiger partial charge in [0.1, 0.15) is 5.01 Å². The van der Waals surface area contributed by atoms with Crippen LogP contribution in [0.25, 0.3) is 10.6 Å². The van der Waals surface area contributed by atoms with E-state index < -0.39 is 0 Å². The van der Waals surface area contributed by atoms with Crippen molar-refractivity contribution in [2.24, 2.45) is 0 Å². The molecule has 0 aliphatic heterocycles. The van der Waals surface area contributed by atoms with Crippen molar-refractivity contribution in [2.45, 2.75) is 39.5 Å². The summed E-state index contributed by atoms with van der Waals surface area (Å²) < 4.78 is 6.22. The fourth-order valence-corrected chi connectivity index (χ4v) is 3.12. The second-order valence-electron chi connectivity index (χ2n) is 5.82. The molecule has 114 valence electrons. The third-order valence-electron chi connectivity index (χ3n) is 2.79. The molecule has 2 heterocycles. The minimum Gasteiger partial charge on any atom is -0.378 e. The van der Waals surface area contributed by atoms with Crippen molar-refractivity contribution in [3.8, 4) is 10.6 Å². The molecule has 0 atom stereocenters. The van der Waals surface area contributed by atoms with Crippen molar-refractivity contribution in [2.75, 3.05) is 7.11 Å². The number of aromatic nitrogens is 2. The van der Waals surface area contributed by atoms with Crippen molar-refractivity contribution < 1.29 is 4.74 Å². The fraction of sp³-hybridized carbons (Fsp3) is 0.467. The monoisotopic (exact) mass is 369 g/mol. The van der Waals surface area contributed by atoms with E-state index in [2.05, 4.69) is 47.0 Å². The summed E-state index contributed by atoms with van der Waals surface area (Å²) in [6.07, 6.45) is 3.61. The number of methoxy groups -OCH3 is 1. The fourth-order valence-electron chi connectivity index (χ4n) is 1.77. The molecular formula is C15H20BrN3OS. The van der Waals surface area contributed by atoms with Gasteiger partial charge in [-0.1, -0.05) is 0 Å². The number of pyridine rings is 1. The summed E-state index contributed by atoms with van der Waals surface area (Å²) in [5.74, 6) is 0. The van der Waals surface area contributed by atoms with Gasteiger partial charge in [-0.2, -0.15) is 0 Å². The first-order valence-electron chi connectivity index (χ1n) is 6.72. The Labute approximate surface area is 138 Å². The lowest BCUT2D eigenvalue weighted by molar-refractivity contribution is 0.181. The van der Waals surface area contributed by atoms with E-state index in [-0.39, 0.29) is 5.54 Å². The molecular weight excluding hydrogens is 350 g/mol. The highest BCUT2D eigenvalue weighted by Gasteiger charge is 2.16. The van der Waals surface area contributed by atoms with Crippen LogP contribution in [0.4, 0.5) is 0 Å². The number of nitrogens with zero attached hydrogens (tertiary/aromatic N) is 2. The van der Waals surface area contributed by atoms with Crippen LogP contribution in [-0.2, 0) is 17.9 Å². The van der Waals surface area contributed by atoms with Crippen LogP contribution in [0.3, 0.4) is 0 Å². The van der Waals surface area contributed by atoms with E-state index in [1.807, 2.05) is 12.3 Å². The summed E-state index contributed by atoms with van der Waals surface area (Å²) in [5.41, 5.74) is 2.09. The predicted molar refractivity (Wildman–Crippen MR) is 90.4 cm³/mol. The van der Waals surface area contributed by atoms with Crippen LogP contribution in [0.15, 0.2) is 22.9 Å². The first-order chi connectivity index (χ1) is 9.89. The first-order valence-corrected chi connectivity index (χ1v) is 8.33. The molecule has 0 saturated carbocycles. The predicted octanol–water partition coefficient (Wildman–Crippen LogP) is 4.00. The zero-order valence-corrected chi connectivity index (χ0v) is 15.1. The van der Waals surface area contributed by atoms with Crippen molar-refractivity contribution >= 4 is 27.3 Å². The maximum Gasteiger partial charge on any atom is 0.125 e. The number of nitrogens with one attached hydrogen (secondary N) is 1. The van der Waals surface area contributed by atoms with Crippen LogP contribution in [0, 0.1) is 0 Å². The van der Waals surface area contributed by atoms with Gasteiger partial charge in [-0.25, -0.2) is 4.98 Å². The van der Waals surface area contributed by atoms with Crippen LogP contribution < -0.4 is 5.32 Å². The number of hydrogen-bond donors (Lipinski definition) is 1. The molecule has 0 amide bonds. The van der Waals surface area contributed by atoms with Crippen LogP contribution in [0.5, 0.6) is 0 Å². The Bertz CT molecular complexity index is 607. The van der Waals surface area contributed by atoms with Gasteiger partial charge in [0.2, 0.25) is 0 Å². The van der Waals surface area contributed by atoms with Gasteiger partial charge < -0.3 is 10.1 Å². The topological polar surface area (TPSA) is 47.0 Å². The van der Waals surface area contributed by atoms with E-state index in [1.165, 1.54) is 4.88 Å². The van der Waals surface area contributed by atoms with E-state index in [9.17, 15) is 0 Å². The second kappa shape index (κ2) is 6.96. The highest BCUT2D eigenvalue weighted by molar-refractivity contribution is 9.10. The van der Waals surface area contributed by atoms with Crippen LogP contribution in [0.2, 0.25) is 0 Å². The molecule has 21 heavy (non-hydrogen) atoms. The van der Waals surface area contributed by atoms with Gasteiger partial charge in [-0.3, -0.25) is 4.98 Å². The van der Waals surface area contributed by atoms with Crippen molar-refractivity contribution in [3.05, 3.63) is 33.5 Å². The van der Waals surface area contributed by atoms with E-state index >= 15 is 0 Å². The zero-order valence-electron chi connectivity index (χ0n) is 12.7. The number of thiazole rings is 1. The smallest absolute Gasteiger partial charge is 0.125 e. The Kier molecular flexibility index (Phi) is 5.48. The molecule has 0 spiro atoms. The minimum atomic E-state index is 0.0752. The summed E-state index contributed by atoms with van der Waals surface area (Å²) in [6, 6.07) is 2.03. The standard InChI is InChI=1S/C15H20BrN3OS/c1-15(2,3)18-8-13-12(9-20-4)19-14(21-13)10-5-11(16)7-17-6-10/h5-7,18H,8-9H2,1-4H3. The van der Waals surface area contributed by atoms with Crippen molar-refractivity contribution in [1.82, 2.24) is 15.3 Å². The van der Waals surface area contributed by atoms with Crippen LogP contribution in [0.1, 0.15) is 31.3 Å². The molecule has 0 fully saturated rings. The highest BCUT2D eigenvalue weighted by Crippen LogP contribution is 2.29. The van der Waals surface area contributed by atoms with Gasteiger partial charge in [-0.05, 0) is 42.8 Å². The molecule has 2 rings (SSSR count). The molecule has 4 nitrogen and oxygen atoms in total. The molecule has 0 radical (unpaired) electrons. The molecule has 0 aliphatic rings. The molecule has 1 N–H and O–H groups in total. The third kappa shape index (κ3) is 4.85. The lowest BCUT2D eigenvalue weighted by atomic mass is 10.1. The highest BCUT2D eigenvalue weighted by atomic mass is 79.9. The van der Waals surface area contributed by atoms with Crippen molar-refractivity contribution in [1.29, 1.82) is 0 Å². The lowest BCUT2D eigenvalue weighted by Gasteiger charge is -2.20. The van der Waals surface area contributed by atoms with E-state index in [0.717, 1.165) is 27.3 Å².